The van der Waals surface area contributed by atoms with Crippen LogP contribution in [0.4, 0.5) is 9.18 Å². The average Bonchev–Trinajstić information content (AvgIpc) is 3.25. The number of furan rings is 1. The Bertz CT molecular complexity index is 1410. The fourth-order valence-electron chi connectivity index (χ4n) is 4.49. The van der Waals surface area contributed by atoms with E-state index in [2.05, 4.69) is 15.0 Å². The molecule has 3 N–H and O–H groups in total. The Labute approximate surface area is 213 Å². The quantitative estimate of drug-likeness (QED) is 0.404. The van der Waals surface area contributed by atoms with Crippen molar-refractivity contribution in [3.63, 3.8) is 0 Å². The largest absolute Gasteiger partial charge is 0.465 e. The van der Waals surface area contributed by atoms with Crippen LogP contribution in [-0.4, -0.2) is 62.1 Å². The number of nitrogens with one attached hydrogen (secondary N) is 2. The predicted octanol–water partition coefficient (Wildman–Crippen LogP) is 3.37. The molecular formula is C25H29FN4O6S. The third-order valence-electron chi connectivity index (χ3n) is 6.60. The van der Waals surface area contributed by atoms with Gasteiger partial charge in [-0.25, -0.2) is 27.3 Å². The van der Waals surface area contributed by atoms with Crippen molar-refractivity contribution in [3.8, 4) is 11.3 Å². The Morgan fingerprint density at radius 2 is 1.89 bits per heavy atom. The maximum atomic E-state index is 13.5. The molecule has 0 radical (unpaired) electrons. The van der Waals surface area contributed by atoms with Crippen molar-refractivity contribution >= 4 is 33.1 Å². The highest BCUT2D eigenvalue weighted by atomic mass is 32.2. The maximum Gasteiger partial charge on any atom is 0.407 e. The van der Waals surface area contributed by atoms with E-state index in [0.717, 1.165) is 0 Å². The Morgan fingerprint density at radius 3 is 2.49 bits per heavy atom. The number of hydrogen-bond acceptors (Lipinski definition) is 6. The molecule has 12 heteroatoms. The van der Waals surface area contributed by atoms with Crippen molar-refractivity contribution in [2.45, 2.75) is 31.9 Å². The summed E-state index contributed by atoms with van der Waals surface area (Å²) in [5.41, 5.74) is 1.81. The van der Waals surface area contributed by atoms with Gasteiger partial charge in [-0.3, -0.25) is 4.79 Å². The summed E-state index contributed by atoms with van der Waals surface area (Å²) < 4.78 is 47.8. The Morgan fingerprint density at radius 1 is 1.22 bits per heavy atom. The highest BCUT2D eigenvalue weighted by Gasteiger charge is 2.27. The molecule has 10 nitrogen and oxygen atoms in total. The monoisotopic (exact) mass is 532 g/mol. The van der Waals surface area contributed by atoms with Gasteiger partial charge in [0, 0.05) is 32.2 Å². The highest BCUT2D eigenvalue weighted by Crippen LogP contribution is 2.34. The lowest BCUT2D eigenvalue weighted by atomic mass is 9.97. The summed E-state index contributed by atoms with van der Waals surface area (Å²) in [6.07, 6.45) is 0.680. The van der Waals surface area contributed by atoms with Gasteiger partial charge < -0.3 is 19.7 Å². The second-order valence-electron chi connectivity index (χ2n) is 9.01. The molecule has 4 rings (SSSR count). The molecular weight excluding hydrogens is 503 g/mol. The standard InChI is InChI=1S/C25H29FN4O6S/c1-3-16-12-19-21(23(31)27-2)22(17-4-6-18(26)7-5-17)36-24(19)29-20(16)14-37(34,35)28-13-15-8-10-30(11-9-15)25(32)33/h4-7,12,15,28H,3,8-11,13-14H2,1-2H3,(H,27,31)(H,32,33). The second-order valence-corrected chi connectivity index (χ2v) is 10.8. The zero-order valence-electron chi connectivity index (χ0n) is 20.6. The zero-order chi connectivity index (χ0) is 26.7. The number of carbonyl (C=O) groups is 2. The summed E-state index contributed by atoms with van der Waals surface area (Å²) in [6, 6.07) is 7.23. The van der Waals surface area contributed by atoms with Gasteiger partial charge in [-0.1, -0.05) is 6.92 Å². The number of carboxylic acid groups (broad SMARTS) is 1. The second kappa shape index (κ2) is 10.9. The first-order valence-electron chi connectivity index (χ1n) is 12.0. The van der Waals surface area contributed by atoms with Crippen LogP contribution in [0.15, 0.2) is 34.7 Å². The van der Waals surface area contributed by atoms with Crippen LogP contribution in [0.3, 0.4) is 0 Å². The van der Waals surface area contributed by atoms with Crippen molar-refractivity contribution in [3.05, 3.63) is 53.0 Å². The van der Waals surface area contributed by atoms with Crippen molar-refractivity contribution < 1.29 is 31.9 Å². The van der Waals surface area contributed by atoms with E-state index in [1.165, 1.54) is 36.2 Å². The van der Waals surface area contributed by atoms with E-state index in [0.29, 0.717) is 54.6 Å². The summed E-state index contributed by atoms with van der Waals surface area (Å²) in [6.45, 7) is 2.84. The zero-order valence-corrected chi connectivity index (χ0v) is 21.4. The Hall–Kier alpha value is -3.51. The summed E-state index contributed by atoms with van der Waals surface area (Å²) in [4.78, 5) is 29.6. The molecule has 2 amide bonds. The number of sulfonamides is 1. The molecule has 0 saturated carbocycles. The molecule has 2 aromatic heterocycles. The number of aryl methyl sites for hydroxylation is 1. The van der Waals surface area contributed by atoms with Crippen LogP contribution >= 0.6 is 0 Å². The summed E-state index contributed by atoms with van der Waals surface area (Å²) >= 11 is 0. The number of pyridine rings is 1. The molecule has 0 atom stereocenters. The fourth-order valence-corrected chi connectivity index (χ4v) is 5.69. The number of halogens is 1. The van der Waals surface area contributed by atoms with Crippen LogP contribution in [0.5, 0.6) is 0 Å². The molecule has 1 fully saturated rings. The molecule has 0 bridgehead atoms. The molecule has 0 spiro atoms. The number of carbonyl (C=O) groups excluding carboxylic acids is 1. The van der Waals surface area contributed by atoms with E-state index in [9.17, 15) is 22.4 Å². The van der Waals surface area contributed by atoms with Crippen molar-refractivity contribution in [1.29, 1.82) is 0 Å². The van der Waals surface area contributed by atoms with Crippen molar-refractivity contribution in [2.75, 3.05) is 26.7 Å². The first-order valence-corrected chi connectivity index (χ1v) is 13.7. The van der Waals surface area contributed by atoms with Crippen molar-refractivity contribution in [2.24, 2.45) is 5.92 Å². The minimum Gasteiger partial charge on any atom is -0.465 e. The molecule has 1 aromatic carbocycles. The minimum absolute atomic E-state index is 0.0462. The third kappa shape index (κ3) is 5.91. The lowest BCUT2D eigenvalue weighted by molar-refractivity contribution is 0.0964. The molecule has 3 heterocycles. The number of benzene rings is 1. The summed E-state index contributed by atoms with van der Waals surface area (Å²) in [5.74, 6) is -0.945. The van der Waals surface area contributed by atoms with E-state index in [-0.39, 0.29) is 35.3 Å². The Balaban J connectivity index is 1.60. The van der Waals surface area contributed by atoms with E-state index in [1.54, 1.807) is 6.07 Å². The topological polar surface area (TPSA) is 142 Å². The molecule has 37 heavy (non-hydrogen) atoms. The van der Waals surface area contributed by atoms with Crippen LogP contribution in [0.1, 0.15) is 41.4 Å². The molecule has 1 aliphatic heterocycles. The van der Waals surface area contributed by atoms with Gasteiger partial charge in [-0.2, -0.15) is 0 Å². The number of rotatable bonds is 8. The Kier molecular flexibility index (Phi) is 7.79. The molecule has 3 aromatic rings. The number of nitrogens with zero attached hydrogens (tertiary/aromatic N) is 2. The van der Waals surface area contributed by atoms with E-state index in [1.807, 2.05) is 6.92 Å². The summed E-state index contributed by atoms with van der Waals surface area (Å²) in [5, 5.41) is 12.1. The molecule has 0 unspecified atom stereocenters. The number of piperidine rings is 1. The third-order valence-corrected chi connectivity index (χ3v) is 7.86. The average molecular weight is 533 g/mol. The van der Waals surface area contributed by atoms with Gasteiger partial charge in [-0.15, -0.1) is 0 Å². The normalized spacial score (nSPS) is 14.7. The van der Waals surface area contributed by atoms with Gasteiger partial charge in [-0.05, 0) is 61.1 Å². The summed E-state index contributed by atoms with van der Waals surface area (Å²) in [7, 11) is -2.26. The number of amides is 2. The highest BCUT2D eigenvalue weighted by molar-refractivity contribution is 7.88. The smallest absolute Gasteiger partial charge is 0.407 e. The SMILES string of the molecule is CCc1cc2c(C(=O)NC)c(-c3ccc(F)cc3)oc2nc1CS(=O)(=O)NCC1CCN(C(=O)O)CC1. The van der Waals surface area contributed by atoms with Crippen LogP contribution < -0.4 is 10.0 Å². The van der Waals surface area contributed by atoms with Gasteiger partial charge in [0.15, 0.2) is 0 Å². The molecule has 1 saturated heterocycles. The number of fused-ring (bicyclic) bond motifs is 1. The lowest BCUT2D eigenvalue weighted by Gasteiger charge is -2.29. The van der Waals surface area contributed by atoms with Gasteiger partial charge in [0.05, 0.1) is 16.6 Å². The number of hydrogen-bond donors (Lipinski definition) is 3. The maximum absolute atomic E-state index is 13.5. The number of likely N-dealkylation sites (tertiary alicyclic amines) is 1. The van der Waals surface area contributed by atoms with Crippen LogP contribution in [-0.2, 0) is 22.2 Å². The van der Waals surface area contributed by atoms with E-state index < -0.39 is 27.8 Å². The molecule has 1 aliphatic rings. The van der Waals surface area contributed by atoms with Gasteiger partial charge in [0.1, 0.15) is 17.3 Å². The first-order chi connectivity index (χ1) is 17.6. The van der Waals surface area contributed by atoms with Crippen LogP contribution in [0.25, 0.3) is 22.4 Å². The fraction of sp³-hybridized carbons (Fsp3) is 0.400. The van der Waals surface area contributed by atoms with Crippen LogP contribution in [0.2, 0.25) is 0 Å². The predicted molar refractivity (Wildman–Crippen MR) is 135 cm³/mol. The molecule has 198 valence electrons. The van der Waals surface area contributed by atoms with Crippen LogP contribution in [0, 0.1) is 11.7 Å². The van der Waals surface area contributed by atoms with Crippen molar-refractivity contribution in [1.82, 2.24) is 19.9 Å². The molecule has 0 aliphatic carbocycles. The van der Waals surface area contributed by atoms with Gasteiger partial charge in [0.25, 0.3) is 5.91 Å². The van der Waals surface area contributed by atoms with Gasteiger partial charge in [0.2, 0.25) is 15.7 Å². The minimum atomic E-state index is -3.75. The first kappa shape index (κ1) is 26.6. The van der Waals surface area contributed by atoms with Gasteiger partial charge >= 0.3 is 6.09 Å². The lowest BCUT2D eigenvalue weighted by Crippen LogP contribution is -2.41. The van der Waals surface area contributed by atoms with E-state index >= 15 is 0 Å². The number of aromatic nitrogens is 1. The van der Waals surface area contributed by atoms with E-state index in [4.69, 9.17) is 9.52 Å².